The van der Waals surface area contributed by atoms with Crippen molar-refractivity contribution in [2.75, 3.05) is 20.3 Å². The number of hydrogen-bond acceptors (Lipinski definition) is 4. The third-order valence-corrected chi connectivity index (χ3v) is 2.61. The van der Waals surface area contributed by atoms with Crippen LogP contribution in [0.25, 0.3) is 0 Å². The molecular formula is C9H17NO3. The second-order valence-electron chi connectivity index (χ2n) is 3.43. The molecule has 1 unspecified atom stereocenters. The first kappa shape index (κ1) is 10.5. The number of carbonyl (C=O) groups is 1. The largest absolute Gasteiger partial charge is 0.468 e. The molecule has 4 heteroatoms. The summed E-state index contributed by atoms with van der Waals surface area (Å²) in [5.41, 5.74) is -0.623. The van der Waals surface area contributed by atoms with Gasteiger partial charge in [0, 0.05) is 6.61 Å². The van der Waals surface area contributed by atoms with Crippen LogP contribution in [0.1, 0.15) is 25.7 Å². The van der Waals surface area contributed by atoms with E-state index < -0.39 is 5.54 Å². The van der Waals surface area contributed by atoms with Crippen molar-refractivity contribution in [3.05, 3.63) is 0 Å². The van der Waals surface area contributed by atoms with Gasteiger partial charge >= 0.3 is 5.97 Å². The summed E-state index contributed by atoms with van der Waals surface area (Å²) in [6, 6.07) is 0. The first-order valence-corrected chi connectivity index (χ1v) is 4.69. The third kappa shape index (κ3) is 2.19. The highest BCUT2D eigenvalue weighted by Crippen LogP contribution is 2.23. The average molecular weight is 187 g/mol. The fourth-order valence-electron chi connectivity index (χ4n) is 1.84. The van der Waals surface area contributed by atoms with Crippen molar-refractivity contribution < 1.29 is 14.6 Å². The molecule has 76 valence electrons. The van der Waals surface area contributed by atoms with E-state index in [1.807, 2.05) is 0 Å². The lowest BCUT2D eigenvalue weighted by atomic mass is 9.86. The lowest BCUT2D eigenvalue weighted by Gasteiger charge is -2.35. The molecule has 0 saturated carbocycles. The molecule has 1 atom stereocenters. The normalized spacial score (nSPS) is 28.5. The highest BCUT2D eigenvalue weighted by atomic mass is 16.5. The molecule has 0 aliphatic carbocycles. The summed E-state index contributed by atoms with van der Waals surface area (Å²) in [5.74, 6) is -0.249. The van der Waals surface area contributed by atoms with Gasteiger partial charge < -0.3 is 15.2 Å². The molecular weight excluding hydrogens is 170 g/mol. The molecule has 0 aromatic carbocycles. The molecule has 1 aliphatic heterocycles. The van der Waals surface area contributed by atoms with E-state index in [1.165, 1.54) is 7.11 Å². The van der Waals surface area contributed by atoms with Crippen LogP contribution in [0.5, 0.6) is 0 Å². The smallest absolute Gasteiger partial charge is 0.326 e. The molecule has 0 spiro atoms. The van der Waals surface area contributed by atoms with E-state index in [0.29, 0.717) is 6.42 Å². The molecule has 13 heavy (non-hydrogen) atoms. The molecule has 1 saturated heterocycles. The second-order valence-corrected chi connectivity index (χ2v) is 3.43. The summed E-state index contributed by atoms with van der Waals surface area (Å²) in [7, 11) is 1.39. The van der Waals surface area contributed by atoms with E-state index in [1.54, 1.807) is 0 Å². The van der Waals surface area contributed by atoms with Gasteiger partial charge in [-0.05, 0) is 32.2 Å². The summed E-state index contributed by atoms with van der Waals surface area (Å²) in [5, 5.41) is 12.0. The number of nitrogens with one attached hydrogen (secondary N) is 1. The van der Waals surface area contributed by atoms with Crippen molar-refractivity contribution in [1.29, 1.82) is 0 Å². The molecule has 0 amide bonds. The number of methoxy groups -OCH3 is 1. The Morgan fingerprint density at radius 3 is 2.85 bits per heavy atom. The van der Waals surface area contributed by atoms with Crippen LogP contribution in [-0.4, -0.2) is 36.9 Å². The number of piperidine rings is 1. The van der Waals surface area contributed by atoms with Gasteiger partial charge in [-0.2, -0.15) is 0 Å². The zero-order valence-corrected chi connectivity index (χ0v) is 8.01. The van der Waals surface area contributed by atoms with E-state index in [2.05, 4.69) is 5.32 Å². The highest BCUT2D eigenvalue weighted by Gasteiger charge is 2.39. The van der Waals surface area contributed by atoms with Crippen LogP contribution in [-0.2, 0) is 9.53 Å². The SMILES string of the molecule is COC(=O)C1(CCO)CCCCN1. The zero-order chi connectivity index (χ0) is 9.73. The van der Waals surface area contributed by atoms with E-state index >= 15 is 0 Å². The lowest BCUT2D eigenvalue weighted by Crippen LogP contribution is -2.55. The van der Waals surface area contributed by atoms with Gasteiger partial charge in [-0.3, -0.25) is 4.79 Å². The predicted molar refractivity (Wildman–Crippen MR) is 48.3 cm³/mol. The lowest BCUT2D eigenvalue weighted by molar-refractivity contribution is -0.150. The molecule has 4 nitrogen and oxygen atoms in total. The van der Waals surface area contributed by atoms with Crippen LogP contribution in [0.15, 0.2) is 0 Å². The molecule has 2 N–H and O–H groups in total. The zero-order valence-electron chi connectivity index (χ0n) is 8.01. The Labute approximate surface area is 78.3 Å². The maximum Gasteiger partial charge on any atom is 0.326 e. The second kappa shape index (κ2) is 4.58. The Balaban J connectivity index is 2.66. The molecule has 1 fully saturated rings. The Kier molecular flexibility index (Phi) is 3.69. The van der Waals surface area contributed by atoms with Gasteiger partial charge in [0.25, 0.3) is 0 Å². The Morgan fingerprint density at radius 2 is 2.38 bits per heavy atom. The quantitative estimate of drug-likeness (QED) is 0.613. The van der Waals surface area contributed by atoms with Gasteiger partial charge in [-0.15, -0.1) is 0 Å². The van der Waals surface area contributed by atoms with Crippen LogP contribution in [0.4, 0.5) is 0 Å². The van der Waals surface area contributed by atoms with Gasteiger partial charge in [-0.1, -0.05) is 0 Å². The van der Waals surface area contributed by atoms with Gasteiger partial charge in [0.1, 0.15) is 5.54 Å². The van der Waals surface area contributed by atoms with E-state index in [0.717, 1.165) is 25.8 Å². The molecule has 0 bridgehead atoms. The molecule has 0 aromatic heterocycles. The van der Waals surface area contributed by atoms with Crippen molar-refractivity contribution >= 4 is 5.97 Å². The number of aliphatic hydroxyl groups is 1. The standard InChI is InChI=1S/C9H17NO3/c1-13-8(12)9(5-7-11)4-2-3-6-10-9/h10-11H,2-7H2,1H3. The van der Waals surface area contributed by atoms with Crippen LogP contribution in [0.3, 0.4) is 0 Å². The maximum atomic E-state index is 11.5. The van der Waals surface area contributed by atoms with Crippen molar-refractivity contribution in [2.24, 2.45) is 0 Å². The summed E-state index contributed by atoms with van der Waals surface area (Å²) < 4.78 is 4.73. The van der Waals surface area contributed by atoms with Gasteiger partial charge in [0.05, 0.1) is 7.11 Å². The Bertz CT molecular complexity index is 170. The topological polar surface area (TPSA) is 58.6 Å². The van der Waals surface area contributed by atoms with E-state index in [-0.39, 0.29) is 12.6 Å². The van der Waals surface area contributed by atoms with Crippen LogP contribution >= 0.6 is 0 Å². The monoisotopic (exact) mass is 187 g/mol. The predicted octanol–water partition coefficient (Wildman–Crippen LogP) is 0.0541. The summed E-state index contributed by atoms with van der Waals surface area (Å²) in [4.78, 5) is 11.5. The highest BCUT2D eigenvalue weighted by molar-refractivity contribution is 5.80. The minimum Gasteiger partial charge on any atom is -0.468 e. The number of hydrogen-bond donors (Lipinski definition) is 2. The Morgan fingerprint density at radius 1 is 1.62 bits per heavy atom. The van der Waals surface area contributed by atoms with Crippen molar-refractivity contribution in [2.45, 2.75) is 31.2 Å². The average Bonchev–Trinajstić information content (AvgIpc) is 2.18. The molecule has 1 aliphatic rings. The fourth-order valence-corrected chi connectivity index (χ4v) is 1.84. The minimum atomic E-state index is -0.623. The third-order valence-electron chi connectivity index (χ3n) is 2.61. The van der Waals surface area contributed by atoms with Crippen LogP contribution in [0.2, 0.25) is 0 Å². The molecule has 1 heterocycles. The number of rotatable bonds is 3. The van der Waals surface area contributed by atoms with E-state index in [9.17, 15) is 4.79 Å². The molecule has 0 radical (unpaired) electrons. The number of esters is 1. The Hall–Kier alpha value is -0.610. The van der Waals surface area contributed by atoms with Crippen molar-refractivity contribution in [3.63, 3.8) is 0 Å². The van der Waals surface area contributed by atoms with Crippen LogP contribution in [0, 0.1) is 0 Å². The van der Waals surface area contributed by atoms with Crippen molar-refractivity contribution in [1.82, 2.24) is 5.32 Å². The van der Waals surface area contributed by atoms with Crippen molar-refractivity contribution in [3.8, 4) is 0 Å². The minimum absolute atomic E-state index is 0.0160. The number of ether oxygens (including phenoxy) is 1. The summed E-state index contributed by atoms with van der Waals surface area (Å²) in [6.07, 6.45) is 3.31. The van der Waals surface area contributed by atoms with Gasteiger partial charge in [0.2, 0.25) is 0 Å². The maximum absolute atomic E-state index is 11.5. The fraction of sp³-hybridized carbons (Fsp3) is 0.889. The van der Waals surface area contributed by atoms with Gasteiger partial charge in [0.15, 0.2) is 0 Å². The van der Waals surface area contributed by atoms with E-state index in [4.69, 9.17) is 9.84 Å². The van der Waals surface area contributed by atoms with Gasteiger partial charge in [-0.25, -0.2) is 0 Å². The molecule has 1 rings (SSSR count). The first-order valence-electron chi connectivity index (χ1n) is 4.69. The number of carbonyl (C=O) groups excluding carboxylic acids is 1. The molecule has 0 aromatic rings. The first-order chi connectivity index (χ1) is 6.25. The summed E-state index contributed by atoms with van der Waals surface area (Å²) >= 11 is 0. The number of aliphatic hydroxyl groups excluding tert-OH is 1. The summed E-state index contributed by atoms with van der Waals surface area (Å²) in [6.45, 7) is 0.844. The van der Waals surface area contributed by atoms with Crippen LogP contribution < -0.4 is 5.32 Å².